The fourth-order valence-corrected chi connectivity index (χ4v) is 4.76. The smallest absolute Gasteiger partial charge is 0.151 e. The molecule has 4 nitrogen and oxygen atoms in total. The summed E-state index contributed by atoms with van der Waals surface area (Å²) in [5.41, 5.74) is 1.86. The van der Waals surface area contributed by atoms with Gasteiger partial charge in [-0.05, 0) is 12.1 Å². The zero-order valence-electron chi connectivity index (χ0n) is 12.6. The zero-order chi connectivity index (χ0) is 15.2. The number of hydrogen-bond acceptors (Lipinski definition) is 6. The normalized spacial score (nSPS) is 16.4. The van der Waals surface area contributed by atoms with Crippen molar-refractivity contribution in [3.63, 3.8) is 0 Å². The van der Waals surface area contributed by atoms with Crippen molar-refractivity contribution in [1.82, 2.24) is 10.5 Å². The molecule has 0 amide bonds. The molecular weight excluding hydrogens is 316 g/mol. The number of nitrogens with one attached hydrogen (secondary N) is 1. The van der Waals surface area contributed by atoms with Gasteiger partial charge in [0.25, 0.3) is 0 Å². The molecule has 1 N–H and O–H groups in total. The summed E-state index contributed by atoms with van der Waals surface area (Å²) in [5, 5.41) is 7.73. The van der Waals surface area contributed by atoms with Crippen molar-refractivity contribution in [1.29, 1.82) is 0 Å². The molecule has 0 aliphatic carbocycles. The van der Waals surface area contributed by atoms with Gasteiger partial charge in [-0.2, -0.15) is 23.5 Å². The molecule has 1 aromatic carbocycles. The highest BCUT2D eigenvalue weighted by Crippen LogP contribution is 2.23. The average molecular weight is 336 g/mol. The maximum absolute atomic E-state index is 5.45. The molecule has 1 aromatic heterocycles. The van der Waals surface area contributed by atoms with E-state index in [4.69, 9.17) is 9.26 Å². The third-order valence-electron chi connectivity index (χ3n) is 3.50. The van der Waals surface area contributed by atoms with E-state index in [-0.39, 0.29) is 0 Å². The Bertz CT molecular complexity index is 595. The summed E-state index contributed by atoms with van der Waals surface area (Å²) in [7, 11) is 1.67. The Morgan fingerprint density at radius 3 is 2.86 bits per heavy atom. The van der Waals surface area contributed by atoms with Gasteiger partial charge in [-0.15, -0.1) is 0 Å². The van der Waals surface area contributed by atoms with Crippen LogP contribution in [0.2, 0.25) is 0 Å². The van der Waals surface area contributed by atoms with Gasteiger partial charge in [0.2, 0.25) is 0 Å². The summed E-state index contributed by atoms with van der Waals surface area (Å²) in [4.78, 5) is 0. The predicted molar refractivity (Wildman–Crippen MR) is 93.8 cm³/mol. The van der Waals surface area contributed by atoms with Crippen molar-refractivity contribution in [2.45, 2.75) is 12.6 Å². The molecule has 2 heterocycles. The molecule has 0 bridgehead atoms. The van der Waals surface area contributed by atoms with E-state index >= 15 is 0 Å². The van der Waals surface area contributed by atoms with E-state index in [2.05, 4.69) is 10.5 Å². The Hall–Kier alpha value is -1.11. The molecule has 22 heavy (non-hydrogen) atoms. The number of ether oxygens (including phenoxy) is 1. The molecule has 1 aliphatic heterocycles. The molecule has 0 unspecified atom stereocenters. The Kier molecular flexibility index (Phi) is 5.70. The Morgan fingerprint density at radius 2 is 2.09 bits per heavy atom. The lowest BCUT2D eigenvalue weighted by molar-refractivity contribution is 0.370. The fourth-order valence-electron chi connectivity index (χ4n) is 2.29. The highest BCUT2D eigenvalue weighted by atomic mass is 32.2. The van der Waals surface area contributed by atoms with E-state index in [1.54, 1.807) is 7.11 Å². The molecular formula is C16H20N2O2S2. The molecule has 1 fully saturated rings. The maximum atomic E-state index is 5.45. The van der Waals surface area contributed by atoms with E-state index < -0.39 is 0 Å². The Balaban J connectivity index is 1.60. The lowest BCUT2D eigenvalue weighted by Crippen LogP contribution is -2.32. The first-order chi connectivity index (χ1) is 10.8. The van der Waals surface area contributed by atoms with Crippen LogP contribution in [-0.4, -0.2) is 41.3 Å². The van der Waals surface area contributed by atoms with Gasteiger partial charge in [-0.1, -0.05) is 17.3 Å². The van der Waals surface area contributed by atoms with Crippen LogP contribution in [0.5, 0.6) is 5.75 Å². The van der Waals surface area contributed by atoms with Crippen LogP contribution in [0.25, 0.3) is 11.3 Å². The van der Waals surface area contributed by atoms with E-state index in [0.717, 1.165) is 29.3 Å². The van der Waals surface area contributed by atoms with Gasteiger partial charge < -0.3 is 14.6 Å². The van der Waals surface area contributed by atoms with Gasteiger partial charge in [0.1, 0.15) is 11.4 Å². The molecule has 118 valence electrons. The van der Waals surface area contributed by atoms with Gasteiger partial charge >= 0.3 is 0 Å². The number of thioether (sulfide) groups is 2. The summed E-state index contributed by atoms with van der Waals surface area (Å²) in [6.45, 7) is 0.725. The molecule has 0 atom stereocenters. The monoisotopic (exact) mass is 336 g/mol. The van der Waals surface area contributed by atoms with Crippen LogP contribution in [0.1, 0.15) is 5.76 Å². The van der Waals surface area contributed by atoms with Crippen LogP contribution in [0, 0.1) is 0 Å². The second-order valence-corrected chi connectivity index (χ2v) is 7.44. The number of nitrogens with zero attached hydrogens (tertiary/aromatic N) is 1. The van der Waals surface area contributed by atoms with E-state index in [9.17, 15) is 0 Å². The lowest BCUT2D eigenvalue weighted by Gasteiger charge is -2.13. The van der Waals surface area contributed by atoms with Crippen LogP contribution in [-0.2, 0) is 6.54 Å². The number of rotatable bonds is 5. The fraction of sp³-hybridized carbons (Fsp3) is 0.438. The van der Waals surface area contributed by atoms with Gasteiger partial charge in [0.15, 0.2) is 5.76 Å². The summed E-state index contributed by atoms with van der Waals surface area (Å²) in [6.07, 6.45) is 0. The average Bonchev–Trinajstić information content (AvgIpc) is 2.89. The van der Waals surface area contributed by atoms with Crippen molar-refractivity contribution < 1.29 is 9.26 Å². The van der Waals surface area contributed by atoms with Crippen LogP contribution in [0.15, 0.2) is 34.9 Å². The third kappa shape index (κ3) is 4.21. The quantitative estimate of drug-likeness (QED) is 0.904. The molecule has 6 heteroatoms. The van der Waals surface area contributed by atoms with E-state index in [1.807, 2.05) is 53.9 Å². The minimum atomic E-state index is 0.544. The standard InChI is InChI=1S/C16H20N2O2S2/c1-19-14-4-2-3-12(7-14)16-8-15(20-18-16)9-17-13-10-21-5-6-22-11-13/h2-4,7-8,13,17H,5-6,9-11H2,1H3. The summed E-state index contributed by atoms with van der Waals surface area (Å²) >= 11 is 4.04. The lowest BCUT2D eigenvalue weighted by atomic mass is 10.1. The van der Waals surface area contributed by atoms with Gasteiger partial charge in [0.05, 0.1) is 13.7 Å². The van der Waals surface area contributed by atoms with Crippen LogP contribution < -0.4 is 10.1 Å². The molecule has 3 rings (SSSR count). The molecule has 2 aromatic rings. The van der Waals surface area contributed by atoms with E-state index in [0.29, 0.717) is 6.04 Å². The Labute approximate surface area is 139 Å². The predicted octanol–water partition coefficient (Wildman–Crippen LogP) is 3.29. The highest BCUT2D eigenvalue weighted by molar-refractivity contribution is 8.03. The van der Waals surface area contributed by atoms with Crippen molar-refractivity contribution >= 4 is 23.5 Å². The molecule has 1 aliphatic rings. The van der Waals surface area contributed by atoms with Gasteiger partial charge in [0, 0.05) is 40.7 Å². The number of benzene rings is 1. The second kappa shape index (κ2) is 7.94. The summed E-state index contributed by atoms with van der Waals surface area (Å²) in [6, 6.07) is 10.4. The van der Waals surface area contributed by atoms with Gasteiger partial charge in [-0.3, -0.25) is 0 Å². The van der Waals surface area contributed by atoms with Gasteiger partial charge in [-0.25, -0.2) is 0 Å². The second-order valence-electron chi connectivity index (χ2n) is 5.14. The van der Waals surface area contributed by atoms with Crippen LogP contribution in [0.4, 0.5) is 0 Å². The minimum absolute atomic E-state index is 0.544. The summed E-state index contributed by atoms with van der Waals surface area (Å²) < 4.78 is 10.7. The van der Waals surface area contributed by atoms with E-state index in [1.165, 1.54) is 23.0 Å². The SMILES string of the molecule is COc1cccc(-c2cc(CNC3CSCCSC3)on2)c1. The molecule has 1 saturated heterocycles. The van der Waals surface area contributed by atoms with Crippen LogP contribution in [0.3, 0.4) is 0 Å². The first-order valence-electron chi connectivity index (χ1n) is 7.34. The topological polar surface area (TPSA) is 47.3 Å². The summed E-state index contributed by atoms with van der Waals surface area (Å²) in [5.74, 6) is 6.55. The zero-order valence-corrected chi connectivity index (χ0v) is 14.2. The minimum Gasteiger partial charge on any atom is -0.497 e. The Morgan fingerprint density at radius 1 is 1.27 bits per heavy atom. The molecule has 0 saturated carbocycles. The molecule has 0 spiro atoms. The maximum Gasteiger partial charge on any atom is 0.151 e. The van der Waals surface area contributed by atoms with Crippen molar-refractivity contribution in [2.75, 3.05) is 30.1 Å². The van der Waals surface area contributed by atoms with Crippen molar-refractivity contribution in [2.24, 2.45) is 0 Å². The first kappa shape index (κ1) is 15.8. The number of hydrogen-bond donors (Lipinski definition) is 1. The van der Waals surface area contributed by atoms with Crippen LogP contribution >= 0.6 is 23.5 Å². The number of methoxy groups -OCH3 is 1. The van der Waals surface area contributed by atoms with Crippen molar-refractivity contribution in [3.05, 3.63) is 36.1 Å². The third-order valence-corrected chi connectivity index (χ3v) is 6.02. The highest BCUT2D eigenvalue weighted by Gasteiger charge is 2.14. The number of aromatic nitrogens is 1. The largest absolute Gasteiger partial charge is 0.497 e. The van der Waals surface area contributed by atoms with Crippen molar-refractivity contribution in [3.8, 4) is 17.0 Å². The first-order valence-corrected chi connectivity index (χ1v) is 9.65. The molecule has 0 radical (unpaired) electrons.